The number of aromatic hydroxyl groups is 1. The standard InChI is InChI=1S/C11H14OS/c1-3-5-9-8-10(13-4-2)6-7-11(9)12/h3,6-8,12H,1,4-5H2,2H3. The number of allylic oxidation sites excluding steroid dienone is 1. The molecule has 0 fully saturated rings. The van der Waals surface area contributed by atoms with Crippen LogP contribution in [0.5, 0.6) is 5.75 Å². The zero-order valence-corrected chi connectivity index (χ0v) is 8.60. The van der Waals surface area contributed by atoms with E-state index >= 15 is 0 Å². The van der Waals surface area contributed by atoms with Crippen LogP contribution in [-0.2, 0) is 6.42 Å². The second-order valence-corrected chi connectivity index (χ2v) is 4.05. The topological polar surface area (TPSA) is 20.2 Å². The van der Waals surface area contributed by atoms with Gasteiger partial charge in [-0.25, -0.2) is 0 Å². The Balaban J connectivity index is 2.89. The Bertz CT molecular complexity index is 294. The molecule has 0 radical (unpaired) electrons. The third-order valence-corrected chi connectivity index (χ3v) is 2.60. The average molecular weight is 194 g/mol. The summed E-state index contributed by atoms with van der Waals surface area (Å²) in [5.74, 6) is 1.42. The highest BCUT2D eigenvalue weighted by molar-refractivity contribution is 7.99. The van der Waals surface area contributed by atoms with Crippen molar-refractivity contribution in [1.82, 2.24) is 0 Å². The fraction of sp³-hybridized carbons (Fsp3) is 0.273. The first kappa shape index (κ1) is 10.2. The van der Waals surface area contributed by atoms with E-state index in [4.69, 9.17) is 0 Å². The van der Waals surface area contributed by atoms with E-state index in [2.05, 4.69) is 13.5 Å². The molecule has 0 unspecified atom stereocenters. The first-order valence-corrected chi connectivity index (χ1v) is 5.32. The van der Waals surface area contributed by atoms with Crippen LogP contribution in [0.15, 0.2) is 35.7 Å². The third kappa shape index (κ3) is 2.81. The van der Waals surface area contributed by atoms with Gasteiger partial charge >= 0.3 is 0 Å². The number of benzene rings is 1. The second-order valence-electron chi connectivity index (χ2n) is 2.72. The van der Waals surface area contributed by atoms with Gasteiger partial charge in [-0.05, 0) is 35.9 Å². The maximum atomic E-state index is 9.48. The molecule has 0 saturated carbocycles. The van der Waals surface area contributed by atoms with Gasteiger partial charge in [0.25, 0.3) is 0 Å². The molecule has 0 aliphatic carbocycles. The van der Waals surface area contributed by atoms with E-state index in [0.29, 0.717) is 5.75 Å². The normalized spacial score (nSPS) is 9.92. The molecule has 0 aliphatic heterocycles. The Morgan fingerprint density at radius 2 is 2.31 bits per heavy atom. The number of phenolic OH excluding ortho intramolecular Hbond substituents is 1. The summed E-state index contributed by atoms with van der Waals surface area (Å²) in [6.45, 7) is 5.77. The van der Waals surface area contributed by atoms with Crippen molar-refractivity contribution in [3.05, 3.63) is 36.4 Å². The van der Waals surface area contributed by atoms with E-state index in [1.54, 1.807) is 23.9 Å². The molecule has 0 aliphatic rings. The van der Waals surface area contributed by atoms with Crippen LogP contribution in [0.2, 0.25) is 0 Å². The van der Waals surface area contributed by atoms with E-state index in [9.17, 15) is 5.11 Å². The molecule has 1 N–H and O–H groups in total. The van der Waals surface area contributed by atoms with Crippen LogP contribution < -0.4 is 0 Å². The number of hydrogen-bond acceptors (Lipinski definition) is 2. The Morgan fingerprint density at radius 1 is 1.54 bits per heavy atom. The second kappa shape index (κ2) is 4.97. The number of hydrogen-bond donors (Lipinski definition) is 1. The predicted octanol–water partition coefficient (Wildman–Crippen LogP) is 3.23. The highest BCUT2D eigenvalue weighted by atomic mass is 32.2. The molecule has 0 atom stereocenters. The number of rotatable bonds is 4. The molecule has 0 saturated heterocycles. The Hall–Kier alpha value is -0.890. The Morgan fingerprint density at radius 3 is 2.92 bits per heavy atom. The molecular weight excluding hydrogens is 180 g/mol. The summed E-state index contributed by atoms with van der Waals surface area (Å²) in [6, 6.07) is 5.71. The minimum Gasteiger partial charge on any atom is -0.508 e. The summed E-state index contributed by atoms with van der Waals surface area (Å²) in [4.78, 5) is 1.21. The highest BCUT2D eigenvalue weighted by Crippen LogP contribution is 2.25. The summed E-state index contributed by atoms with van der Waals surface area (Å²) in [5.41, 5.74) is 0.952. The van der Waals surface area contributed by atoms with Gasteiger partial charge in [0.15, 0.2) is 0 Å². The Labute approximate surface area is 83.5 Å². The first-order valence-electron chi connectivity index (χ1n) is 4.33. The number of phenols is 1. The highest BCUT2D eigenvalue weighted by Gasteiger charge is 2.00. The summed E-state index contributed by atoms with van der Waals surface area (Å²) in [5, 5.41) is 9.48. The summed E-state index contributed by atoms with van der Waals surface area (Å²) >= 11 is 1.78. The van der Waals surface area contributed by atoms with Gasteiger partial charge in [0.05, 0.1) is 0 Å². The minimum atomic E-state index is 0.361. The SMILES string of the molecule is C=CCc1cc(SCC)ccc1O. The van der Waals surface area contributed by atoms with Crippen LogP contribution in [0.4, 0.5) is 0 Å². The van der Waals surface area contributed by atoms with E-state index in [-0.39, 0.29) is 0 Å². The number of thioether (sulfide) groups is 1. The van der Waals surface area contributed by atoms with Crippen LogP contribution in [0.25, 0.3) is 0 Å². The fourth-order valence-corrected chi connectivity index (χ4v) is 1.86. The summed E-state index contributed by atoms with van der Waals surface area (Å²) in [6.07, 6.45) is 2.53. The molecule has 0 amide bonds. The molecule has 1 rings (SSSR count). The van der Waals surface area contributed by atoms with Gasteiger partial charge in [0, 0.05) is 4.90 Å². The van der Waals surface area contributed by atoms with E-state index in [0.717, 1.165) is 17.7 Å². The summed E-state index contributed by atoms with van der Waals surface area (Å²) in [7, 11) is 0. The van der Waals surface area contributed by atoms with Gasteiger partial charge < -0.3 is 5.11 Å². The van der Waals surface area contributed by atoms with Crippen LogP contribution >= 0.6 is 11.8 Å². The van der Waals surface area contributed by atoms with Crippen LogP contribution in [-0.4, -0.2) is 10.9 Å². The lowest BCUT2D eigenvalue weighted by Gasteiger charge is -2.04. The monoisotopic (exact) mass is 194 g/mol. The lowest BCUT2D eigenvalue weighted by atomic mass is 10.1. The molecular formula is C11H14OS. The van der Waals surface area contributed by atoms with Crippen molar-refractivity contribution in [1.29, 1.82) is 0 Å². The predicted molar refractivity (Wildman–Crippen MR) is 58.4 cm³/mol. The van der Waals surface area contributed by atoms with Crippen LogP contribution in [0.3, 0.4) is 0 Å². The third-order valence-electron chi connectivity index (χ3n) is 1.73. The van der Waals surface area contributed by atoms with E-state index in [1.165, 1.54) is 4.90 Å². The molecule has 0 bridgehead atoms. The average Bonchev–Trinajstić information content (AvgIpc) is 2.12. The van der Waals surface area contributed by atoms with Gasteiger partial charge in [-0.15, -0.1) is 18.3 Å². The van der Waals surface area contributed by atoms with Gasteiger partial charge in [0.1, 0.15) is 5.75 Å². The Kier molecular flexibility index (Phi) is 3.90. The van der Waals surface area contributed by atoms with Gasteiger partial charge in [-0.1, -0.05) is 13.0 Å². The zero-order valence-electron chi connectivity index (χ0n) is 7.79. The van der Waals surface area contributed by atoms with Crippen molar-refractivity contribution in [2.24, 2.45) is 0 Å². The minimum absolute atomic E-state index is 0.361. The van der Waals surface area contributed by atoms with E-state index < -0.39 is 0 Å². The van der Waals surface area contributed by atoms with Gasteiger partial charge in [-0.3, -0.25) is 0 Å². The molecule has 0 aromatic heterocycles. The molecule has 1 aromatic carbocycles. The maximum absolute atomic E-state index is 9.48. The van der Waals surface area contributed by atoms with Crippen molar-refractivity contribution in [3.63, 3.8) is 0 Å². The fourth-order valence-electron chi connectivity index (χ4n) is 1.14. The largest absolute Gasteiger partial charge is 0.508 e. The molecule has 2 heteroatoms. The van der Waals surface area contributed by atoms with E-state index in [1.807, 2.05) is 12.1 Å². The molecule has 13 heavy (non-hydrogen) atoms. The van der Waals surface area contributed by atoms with Gasteiger partial charge in [-0.2, -0.15) is 0 Å². The van der Waals surface area contributed by atoms with Crippen molar-refractivity contribution in [3.8, 4) is 5.75 Å². The van der Waals surface area contributed by atoms with Crippen molar-refractivity contribution >= 4 is 11.8 Å². The van der Waals surface area contributed by atoms with Crippen LogP contribution in [0.1, 0.15) is 12.5 Å². The molecule has 1 nitrogen and oxygen atoms in total. The quantitative estimate of drug-likeness (QED) is 0.586. The molecule has 70 valence electrons. The smallest absolute Gasteiger partial charge is 0.119 e. The van der Waals surface area contributed by atoms with Crippen molar-refractivity contribution in [2.75, 3.05) is 5.75 Å². The van der Waals surface area contributed by atoms with Crippen LogP contribution in [0, 0.1) is 0 Å². The summed E-state index contributed by atoms with van der Waals surface area (Å²) < 4.78 is 0. The van der Waals surface area contributed by atoms with Crippen molar-refractivity contribution in [2.45, 2.75) is 18.2 Å². The maximum Gasteiger partial charge on any atom is 0.119 e. The zero-order chi connectivity index (χ0) is 9.68. The lowest BCUT2D eigenvalue weighted by molar-refractivity contribution is 0.469. The van der Waals surface area contributed by atoms with Crippen molar-refractivity contribution < 1.29 is 5.11 Å². The first-order chi connectivity index (χ1) is 6.27. The van der Waals surface area contributed by atoms with Gasteiger partial charge in [0.2, 0.25) is 0 Å². The molecule has 0 heterocycles. The lowest BCUT2D eigenvalue weighted by Crippen LogP contribution is -1.83. The molecule has 1 aromatic rings. The molecule has 0 spiro atoms.